The molecule has 0 radical (unpaired) electrons. The molecule has 0 amide bonds. The van der Waals surface area contributed by atoms with E-state index in [2.05, 4.69) is 30.1 Å². The van der Waals surface area contributed by atoms with Crippen LogP contribution in [0, 0.1) is 0 Å². The van der Waals surface area contributed by atoms with E-state index in [1.54, 1.807) is 0 Å². The van der Waals surface area contributed by atoms with Gasteiger partial charge >= 0.3 is 0 Å². The van der Waals surface area contributed by atoms with E-state index in [0.29, 0.717) is 19.0 Å². The second-order valence-corrected chi connectivity index (χ2v) is 5.80. The summed E-state index contributed by atoms with van der Waals surface area (Å²) in [4.78, 5) is 4.63. The summed E-state index contributed by atoms with van der Waals surface area (Å²) in [5, 5.41) is 4.20. The van der Waals surface area contributed by atoms with E-state index >= 15 is 0 Å². The third-order valence-corrected chi connectivity index (χ3v) is 4.46. The van der Waals surface area contributed by atoms with Crippen LogP contribution in [0.2, 0.25) is 0 Å². The molecule has 1 aromatic carbocycles. The van der Waals surface area contributed by atoms with Crippen LogP contribution in [-0.4, -0.2) is 23.3 Å². The van der Waals surface area contributed by atoms with Crippen molar-refractivity contribution in [3.05, 3.63) is 41.5 Å². The number of para-hydroxylation sites is 1. The zero-order valence-electron chi connectivity index (χ0n) is 12.5. The summed E-state index contributed by atoms with van der Waals surface area (Å²) in [7, 11) is 0. The summed E-state index contributed by atoms with van der Waals surface area (Å²) >= 11 is 0. The van der Waals surface area contributed by atoms with Crippen molar-refractivity contribution >= 4 is 0 Å². The Balaban J connectivity index is 1.95. The zero-order chi connectivity index (χ0) is 14.9. The van der Waals surface area contributed by atoms with Crippen LogP contribution in [0.1, 0.15) is 49.9 Å². The van der Waals surface area contributed by atoms with Gasteiger partial charge in [0.1, 0.15) is 5.75 Å². The molecular weight excluding hydrogens is 266 g/mol. The maximum absolute atomic E-state index is 5.87. The van der Waals surface area contributed by atoms with E-state index in [-0.39, 0.29) is 11.3 Å². The molecule has 0 bridgehead atoms. The van der Waals surface area contributed by atoms with Gasteiger partial charge in [-0.1, -0.05) is 30.3 Å². The van der Waals surface area contributed by atoms with Gasteiger partial charge in [0.25, 0.3) is 0 Å². The SMILES string of the molecule is CCC(C)(CN)c1nc(C2CCOc3ccccc32)no1. The smallest absolute Gasteiger partial charge is 0.233 e. The zero-order valence-corrected chi connectivity index (χ0v) is 12.5. The first kappa shape index (κ1) is 14.1. The minimum Gasteiger partial charge on any atom is -0.493 e. The summed E-state index contributed by atoms with van der Waals surface area (Å²) in [5.41, 5.74) is 6.74. The summed E-state index contributed by atoms with van der Waals surface area (Å²) < 4.78 is 11.2. The molecular formula is C16H21N3O2. The average molecular weight is 287 g/mol. The fourth-order valence-electron chi connectivity index (χ4n) is 2.61. The van der Waals surface area contributed by atoms with E-state index in [1.807, 2.05) is 18.2 Å². The Labute approximate surface area is 124 Å². The fraction of sp³-hybridized carbons (Fsp3) is 0.500. The Morgan fingerprint density at radius 3 is 2.95 bits per heavy atom. The Hall–Kier alpha value is -1.88. The first-order valence-corrected chi connectivity index (χ1v) is 7.44. The molecule has 2 aromatic rings. The highest BCUT2D eigenvalue weighted by Gasteiger charge is 2.33. The topological polar surface area (TPSA) is 74.2 Å². The van der Waals surface area contributed by atoms with E-state index in [1.165, 1.54) is 0 Å². The van der Waals surface area contributed by atoms with Gasteiger partial charge in [-0.2, -0.15) is 4.98 Å². The summed E-state index contributed by atoms with van der Waals surface area (Å²) in [6.07, 6.45) is 1.73. The van der Waals surface area contributed by atoms with Crippen LogP contribution in [0.15, 0.2) is 28.8 Å². The lowest BCUT2D eigenvalue weighted by molar-refractivity contribution is 0.269. The second kappa shape index (κ2) is 5.48. The Morgan fingerprint density at radius 2 is 2.19 bits per heavy atom. The maximum Gasteiger partial charge on any atom is 0.233 e. The molecule has 3 rings (SSSR count). The van der Waals surface area contributed by atoms with Crippen LogP contribution in [-0.2, 0) is 5.41 Å². The number of hydrogen-bond acceptors (Lipinski definition) is 5. The number of hydrogen-bond donors (Lipinski definition) is 1. The van der Waals surface area contributed by atoms with Gasteiger partial charge in [0.05, 0.1) is 17.9 Å². The van der Waals surface area contributed by atoms with Gasteiger partial charge in [0.2, 0.25) is 5.89 Å². The van der Waals surface area contributed by atoms with Gasteiger partial charge in [-0.3, -0.25) is 0 Å². The van der Waals surface area contributed by atoms with Gasteiger partial charge < -0.3 is 15.0 Å². The van der Waals surface area contributed by atoms with Crippen LogP contribution < -0.4 is 10.5 Å². The molecule has 0 saturated heterocycles. The third-order valence-electron chi connectivity index (χ3n) is 4.46. The molecule has 2 N–H and O–H groups in total. The van der Waals surface area contributed by atoms with Crippen molar-refractivity contribution in [2.45, 2.75) is 38.0 Å². The number of fused-ring (bicyclic) bond motifs is 1. The molecule has 21 heavy (non-hydrogen) atoms. The summed E-state index contributed by atoms with van der Waals surface area (Å²) in [5.74, 6) is 2.41. The molecule has 0 saturated carbocycles. The molecule has 1 aliphatic rings. The monoisotopic (exact) mass is 287 g/mol. The Kier molecular flexibility index (Phi) is 3.68. The van der Waals surface area contributed by atoms with Crippen molar-refractivity contribution in [3.8, 4) is 5.75 Å². The predicted octanol–water partition coefficient (Wildman–Crippen LogP) is 2.61. The molecule has 1 aliphatic heterocycles. The predicted molar refractivity (Wildman–Crippen MR) is 79.4 cm³/mol. The highest BCUT2D eigenvalue weighted by atomic mass is 16.5. The molecule has 5 heteroatoms. The number of benzene rings is 1. The van der Waals surface area contributed by atoms with Crippen molar-refractivity contribution in [1.82, 2.24) is 10.1 Å². The number of nitrogens with two attached hydrogens (primary N) is 1. The number of aromatic nitrogens is 2. The van der Waals surface area contributed by atoms with Crippen molar-refractivity contribution in [3.63, 3.8) is 0 Å². The molecule has 0 aliphatic carbocycles. The van der Waals surface area contributed by atoms with E-state index in [4.69, 9.17) is 15.0 Å². The molecule has 2 atom stereocenters. The summed E-state index contributed by atoms with van der Waals surface area (Å²) in [6, 6.07) is 8.04. The number of ether oxygens (including phenoxy) is 1. The minimum absolute atomic E-state index is 0.131. The normalized spacial score (nSPS) is 20.4. The molecule has 1 aromatic heterocycles. The van der Waals surface area contributed by atoms with E-state index in [0.717, 1.165) is 30.0 Å². The van der Waals surface area contributed by atoms with Gasteiger partial charge in [-0.25, -0.2) is 0 Å². The molecule has 5 nitrogen and oxygen atoms in total. The average Bonchev–Trinajstić information content (AvgIpc) is 3.04. The first-order valence-electron chi connectivity index (χ1n) is 7.44. The maximum atomic E-state index is 5.87. The van der Waals surface area contributed by atoms with Gasteiger partial charge in [-0.05, 0) is 25.8 Å². The standard InChI is InChI=1S/C16H21N3O2/c1-3-16(2,10-17)15-18-14(19-21-15)12-8-9-20-13-7-5-4-6-11(12)13/h4-7,12H,3,8-10,17H2,1-2H3. The van der Waals surface area contributed by atoms with Gasteiger partial charge in [0.15, 0.2) is 5.82 Å². The third kappa shape index (κ3) is 2.42. The molecule has 2 unspecified atom stereocenters. The van der Waals surface area contributed by atoms with Crippen molar-refractivity contribution in [1.29, 1.82) is 0 Å². The van der Waals surface area contributed by atoms with Crippen LogP contribution >= 0.6 is 0 Å². The molecule has 2 heterocycles. The molecule has 0 spiro atoms. The van der Waals surface area contributed by atoms with Gasteiger partial charge in [-0.15, -0.1) is 0 Å². The molecule has 0 fully saturated rings. The largest absolute Gasteiger partial charge is 0.493 e. The van der Waals surface area contributed by atoms with Crippen LogP contribution in [0.25, 0.3) is 0 Å². The first-order chi connectivity index (χ1) is 10.2. The van der Waals surface area contributed by atoms with Crippen LogP contribution in [0.4, 0.5) is 0 Å². The lowest BCUT2D eigenvalue weighted by atomic mass is 9.87. The quantitative estimate of drug-likeness (QED) is 0.935. The lowest BCUT2D eigenvalue weighted by Crippen LogP contribution is -2.31. The van der Waals surface area contributed by atoms with E-state index in [9.17, 15) is 0 Å². The Morgan fingerprint density at radius 1 is 1.38 bits per heavy atom. The number of rotatable bonds is 4. The minimum atomic E-state index is -0.254. The van der Waals surface area contributed by atoms with Crippen molar-refractivity contribution in [2.24, 2.45) is 5.73 Å². The number of nitrogens with zero attached hydrogens (tertiary/aromatic N) is 2. The van der Waals surface area contributed by atoms with Gasteiger partial charge in [0, 0.05) is 12.1 Å². The molecule has 112 valence electrons. The highest BCUT2D eigenvalue weighted by Crippen LogP contribution is 2.37. The van der Waals surface area contributed by atoms with Crippen LogP contribution in [0.5, 0.6) is 5.75 Å². The van der Waals surface area contributed by atoms with Crippen molar-refractivity contribution < 1.29 is 9.26 Å². The Bertz CT molecular complexity index is 619. The van der Waals surface area contributed by atoms with Crippen molar-refractivity contribution in [2.75, 3.05) is 13.2 Å². The second-order valence-electron chi connectivity index (χ2n) is 5.80. The van der Waals surface area contributed by atoms with Crippen LogP contribution in [0.3, 0.4) is 0 Å². The summed E-state index contributed by atoms with van der Waals surface area (Å²) in [6.45, 7) is 5.31. The fourth-order valence-corrected chi connectivity index (χ4v) is 2.61. The highest BCUT2D eigenvalue weighted by molar-refractivity contribution is 5.40. The van der Waals surface area contributed by atoms with E-state index < -0.39 is 0 Å². The lowest BCUT2D eigenvalue weighted by Gasteiger charge is -2.23.